The van der Waals surface area contributed by atoms with Crippen molar-refractivity contribution >= 4 is 17.9 Å². The highest BCUT2D eigenvalue weighted by molar-refractivity contribution is 5.71. The van der Waals surface area contributed by atoms with Crippen LogP contribution in [0.3, 0.4) is 0 Å². The highest BCUT2D eigenvalue weighted by Crippen LogP contribution is 2.15. The van der Waals surface area contributed by atoms with E-state index in [1.54, 1.807) is 0 Å². The molecule has 0 aliphatic heterocycles. The van der Waals surface area contributed by atoms with Crippen LogP contribution in [0.5, 0.6) is 0 Å². The molecule has 0 rings (SSSR count). The van der Waals surface area contributed by atoms with E-state index in [0.717, 1.165) is 180 Å². The van der Waals surface area contributed by atoms with Gasteiger partial charge in [-0.2, -0.15) is 0 Å². The normalized spacial score (nSPS) is 13.9. The van der Waals surface area contributed by atoms with E-state index in [0.29, 0.717) is 17.4 Å². The van der Waals surface area contributed by atoms with Gasteiger partial charge in [0.2, 0.25) is 0 Å². The van der Waals surface area contributed by atoms with Gasteiger partial charge in [0.05, 0.1) is 34.4 Å². The summed E-state index contributed by atoms with van der Waals surface area (Å²) in [5.41, 5.74) is 0. The largest absolute Gasteiger partial charge is 0.477 e. The summed E-state index contributed by atoms with van der Waals surface area (Å²) in [7, 11) is 5.96. The van der Waals surface area contributed by atoms with Crippen molar-refractivity contribution in [2.45, 2.75) is 270 Å². The van der Waals surface area contributed by atoms with Gasteiger partial charge in [0.15, 0.2) is 6.10 Å². The molecule has 0 saturated heterocycles. The van der Waals surface area contributed by atoms with E-state index < -0.39 is 24.3 Å². The number of carboxylic acid groups (broad SMARTS) is 1. The number of nitrogens with zero attached hydrogens (tertiary/aromatic N) is 1. The van der Waals surface area contributed by atoms with Crippen LogP contribution in [0.25, 0.3) is 0 Å². The number of hydrogen-bond acceptors (Lipinski definition) is 7. The predicted molar refractivity (Wildman–Crippen MR) is 418 cm³/mol. The fraction of sp³-hybridized carbons (Fsp3) is 0.557. The first-order valence-corrected chi connectivity index (χ1v) is 37.9. The van der Waals surface area contributed by atoms with E-state index in [-0.39, 0.29) is 38.6 Å². The maximum absolute atomic E-state index is 13.0. The molecule has 1 N–H and O–H groups in total. The molecule has 0 aromatic rings. The summed E-state index contributed by atoms with van der Waals surface area (Å²) in [4.78, 5) is 37.7. The Hall–Kier alpha value is -6.39. The second kappa shape index (κ2) is 75.4. The molecule has 0 bridgehead atoms. The van der Waals surface area contributed by atoms with Crippen molar-refractivity contribution in [3.05, 3.63) is 219 Å². The van der Waals surface area contributed by atoms with Crippen LogP contribution in [0.2, 0.25) is 0 Å². The maximum Gasteiger partial charge on any atom is 0.361 e. The Kier molecular flexibility index (Phi) is 70.4. The Labute approximate surface area is 594 Å². The first-order chi connectivity index (χ1) is 47.6. The van der Waals surface area contributed by atoms with Crippen molar-refractivity contribution in [2.75, 3.05) is 47.5 Å². The van der Waals surface area contributed by atoms with Crippen LogP contribution in [0, 0.1) is 0 Å². The highest BCUT2D eigenvalue weighted by Gasteiger charge is 2.25. The van der Waals surface area contributed by atoms with E-state index in [1.807, 2.05) is 21.1 Å². The molecule has 0 radical (unpaired) electrons. The summed E-state index contributed by atoms with van der Waals surface area (Å²) in [6.07, 6.45) is 116. The second-order valence-corrected chi connectivity index (χ2v) is 25.5. The third-order valence-corrected chi connectivity index (χ3v) is 15.2. The van der Waals surface area contributed by atoms with E-state index in [1.165, 1.54) is 44.9 Å². The molecule has 0 spiro atoms. The quantitative estimate of drug-likeness (QED) is 0.0211. The minimum atomic E-state index is -1.53. The summed E-state index contributed by atoms with van der Waals surface area (Å²) < 4.78 is 23.0. The van der Waals surface area contributed by atoms with Crippen molar-refractivity contribution in [1.82, 2.24) is 0 Å². The Morgan fingerprint density at radius 1 is 0.309 bits per heavy atom. The molecule has 0 aromatic carbocycles. The zero-order valence-corrected chi connectivity index (χ0v) is 61.9. The fourth-order valence-corrected chi connectivity index (χ4v) is 9.53. The average molecular weight is 1340 g/mol. The Bertz CT molecular complexity index is 2400. The Balaban J connectivity index is 4.23. The van der Waals surface area contributed by atoms with Gasteiger partial charge in [-0.3, -0.25) is 9.59 Å². The Morgan fingerprint density at radius 3 is 0.825 bits per heavy atom. The van der Waals surface area contributed by atoms with E-state index in [2.05, 4.69) is 233 Å². The van der Waals surface area contributed by atoms with Crippen LogP contribution in [0.1, 0.15) is 258 Å². The number of rotatable bonds is 67. The van der Waals surface area contributed by atoms with Crippen molar-refractivity contribution in [1.29, 1.82) is 0 Å². The minimum absolute atomic E-state index is 0.171. The molecule has 0 saturated carbocycles. The summed E-state index contributed by atoms with van der Waals surface area (Å²) in [5.74, 6) is -2.06. The Morgan fingerprint density at radius 2 is 0.557 bits per heavy atom. The number of allylic oxidation sites excluding steroid dienone is 36. The SMILES string of the molecule is CC/C=C\C/C=C\C/C=C\C/C=C\C/C=C\C/C=C\C/C=C\C/C=C\C/C=C\C/C=C\C/C=C\CCCCCCCC(=O)OC(COC(=O)CCCCCCCCCCCCC/C=C\C/C=C\C/C=C\C/C=C\C/C=C\C/C=C\C/C=C\CC)COC(OCC[N+](C)(C)C)C(=O)O. The van der Waals surface area contributed by atoms with Crippen molar-refractivity contribution in [3.63, 3.8) is 0 Å². The zero-order chi connectivity index (χ0) is 70.4. The fourth-order valence-electron chi connectivity index (χ4n) is 9.53. The molecule has 0 aliphatic rings. The molecule has 2 unspecified atom stereocenters. The smallest absolute Gasteiger partial charge is 0.361 e. The monoisotopic (exact) mass is 1340 g/mol. The lowest BCUT2D eigenvalue weighted by atomic mass is 10.0. The van der Waals surface area contributed by atoms with Crippen LogP contribution in [-0.4, -0.2) is 87.4 Å². The van der Waals surface area contributed by atoms with Crippen LogP contribution < -0.4 is 0 Å². The number of aliphatic carboxylic acids is 1. The number of carbonyl (C=O) groups excluding carboxylic acids is 2. The number of likely N-dealkylation sites (N-methyl/N-ethyl adjacent to an activating group) is 1. The maximum atomic E-state index is 13.0. The van der Waals surface area contributed by atoms with Crippen LogP contribution in [0.4, 0.5) is 0 Å². The minimum Gasteiger partial charge on any atom is -0.477 e. The lowest BCUT2D eigenvalue weighted by Crippen LogP contribution is -2.40. The van der Waals surface area contributed by atoms with E-state index in [9.17, 15) is 19.5 Å². The van der Waals surface area contributed by atoms with Crippen LogP contribution >= 0.6 is 0 Å². The molecule has 0 amide bonds. The van der Waals surface area contributed by atoms with E-state index >= 15 is 0 Å². The van der Waals surface area contributed by atoms with Crippen molar-refractivity contribution < 1.29 is 42.9 Å². The van der Waals surface area contributed by atoms with Crippen LogP contribution in [0.15, 0.2) is 219 Å². The first kappa shape index (κ1) is 90.6. The first-order valence-electron chi connectivity index (χ1n) is 37.9. The molecule has 0 fully saturated rings. The predicted octanol–water partition coefficient (Wildman–Crippen LogP) is 24.5. The average Bonchev–Trinajstić information content (AvgIpc) is 2.39. The van der Waals surface area contributed by atoms with Gasteiger partial charge in [-0.05, 0) is 154 Å². The van der Waals surface area contributed by atoms with Gasteiger partial charge in [0, 0.05) is 12.8 Å². The van der Waals surface area contributed by atoms with E-state index in [4.69, 9.17) is 18.9 Å². The van der Waals surface area contributed by atoms with Crippen LogP contribution in [-0.2, 0) is 33.3 Å². The van der Waals surface area contributed by atoms with Gasteiger partial charge in [-0.15, -0.1) is 0 Å². The number of carboxylic acids is 1. The summed E-state index contributed by atoms with van der Waals surface area (Å²) in [5, 5.41) is 9.76. The standard InChI is InChI=1S/C88H137NO8/c1-6-8-10-12-14-16-18-20-22-24-26-28-30-32-34-36-38-40-41-42-43-44-45-47-49-51-53-55-57-59-61-63-65-67-69-71-73-75-77-79-86(91)97-84(83-96-88(87(92)93)94-81-80-89(3,4)5)82-95-85(90)78-76-74-72-70-68-66-64-62-60-58-56-54-52-50-48-46-39-37-35-33-31-29-27-25-23-21-19-17-15-13-11-9-7-2/h8-11,14-17,20-23,26-29,32-35,38-40,42-43,45-47,50-53,57,59,63,65,84,88H,6-7,12-13,18-19,24-25,30-31,36-37,41,44,48-49,54-56,58,60-62,64,66-83H2,1-5H3/p+1/b10-8-,11-9-,16-14-,17-15-,22-20-,23-21-,28-26-,29-27-,34-32-,35-33-,40-38-,43-42-,46-39-,47-45-,52-50-,53-51-,59-57-,65-63-. The number of esters is 2. The number of hydrogen-bond donors (Lipinski definition) is 1. The van der Waals surface area contributed by atoms with Gasteiger partial charge < -0.3 is 28.5 Å². The van der Waals surface area contributed by atoms with Gasteiger partial charge in [-0.25, -0.2) is 4.79 Å². The number of unbranched alkanes of at least 4 members (excludes halogenated alkanes) is 16. The highest BCUT2D eigenvalue weighted by atomic mass is 16.7. The lowest BCUT2D eigenvalue weighted by Gasteiger charge is -2.25. The third kappa shape index (κ3) is 76.8. The van der Waals surface area contributed by atoms with Gasteiger partial charge in [-0.1, -0.05) is 310 Å². The number of carbonyl (C=O) groups is 3. The van der Waals surface area contributed by atoms with Crippen molar-refractivity contribution in [3.8, 4) is 0 Å². The molecule has 0 aliphatic carbocycles. The van der Waals surface area contributed by atoms with Gasteiger partial charge in [0.25, 0.3) is 6.29 Å². The molecule has 9 heteroatoms. The molecule has 0 aromatic heterocycles. The molecule has 0 heterocycles. The summed E-state index contributed by atoms with van der Waals surface area (Å²) >= 11 is 0. The molecule has 2 atom stereocenters. The zero-order valence-electron chi connectivity index (χ0n) is 61.9. The molecule has 542 valence electrons. The number of quaternary nitrogens is 1. The summed E-state index contributed by atoms with van der Waals surface area (Å²) in [6, 6.07) is 0. The molecular weight excluding hydrogens is 1200 g/mol. The summed E-state index contributed by atoms with van der Waals surface area (Å²) in [6.45, 7) is 4.60. The lowest BCUT2D eigenvalue weighted by molar-refractivity contribution is -0.870. The van der Waals surface area contributed by atoms with Crippen molar-refractivity contribution in [2.24, 2.45) is 0 Å². The molecule has 97 heavy (non-hydrogen) atoms. The molecule has 9 nitrogen and oxygen atoms in total. The topological polar surface area (TPSA) is 108 Å². The third-order valence-electron chi connectivity index (χ3n) is 15.2. The number of ether oxygens (including phenoxy) is 4. The van der Waals surface area contributed by atoms with Gasteiger partial charge in [0.1, 0.15) is 13.2 Å². The van der Waals surface area contributed by atoms with Gasteiger partial charge >= 0.3 is 17.9 Å². The molecular formula is C88H138NO8+. The second-order valence-electron chi connectivity index (χ2n) is 25.5.